The Labute approximate surface area is 178 Å². The first-order chi connectivity index (χ1) is 14.9. The Hall–Kier alpha value is -3.78. The van der Waals surface area contributed by atoms with E-state index in [2.05, 4.69) is 4.98 Å². The molecule has 1 atom stereocenters. The Bertz CT molecular complexity index is 1310. The molecule has 0 radical (unpaired) electrons. The van der Waals surface area contributed by atoms with Crippen LogP contribution in [0.4, 0.5) is 5.82 Å². The third-order valence-corrected chi connectivity index (χ3v) is 4.92. The minimum absolute atomic E-state index is 0.0820. The monoisotopic (exact) mass is 418 g/mol. The minimum atomic E-state index is -0.613. The number of hydrogen-bond acceptors (Lipinski definition) is 7. The van der Waals surface area contributed by atoms with Gasteiger partial charge in [-0.2, -0.15) is 0 Å². The number of aromatic nitrogens is 3. The Morgan fingerprint density at radius 1 is 1.10 bits per heavy atom. The maximum Gasteiger partial charge on any atom is 0.344 e. The fourth-order valence-electron chi connectivity index (χ4n) is 3.50. The van der Waals surface area contributed by atoms with Crippen molar-refractivity contribution in [3.05, 3.63) is 59.7 Å². The summed E-state index contributed by atoms with van der Waals surface area (Å²) in [6.45, 7) is 3.47. The number of ether oxygens (including phenoxy) is 2. The number of benzene rings is 2. The smallest absolute Gasteiger partial charge is 0.344 e. The van der Waals surface area contributed by atoms with Crippen molar-refractivity contribution in [3.63, 3.8) is 0 Å². The zero-order valence-electron chi connectivity index (χ0n) is 17.5. The van der Waals surface area contributed by atoms with Gasteiger partial charge in [-0.1, -0.05) is 24.3 Å². The number of Topliss-reactive ketones (excluding diaryl/α,β-unsaturated/α-hetero) is 1. The summed E-state index contributed by atoms with van der Waals surface area (Å²) in [4.78, 5) is 34.3. The Morgan fingerprint density at radius 3 is 2.48 bits per heavy atom. The van der Waals surface area contributed by atoms with Gasteiger partial charge in [-0.15, -0.1) is 0 Å². The molecule has 0 amide bonds. The average molecular weight is 418 g/mol. The van der Waals surface area contributed by atoms with Gasteiger partial charge in [0.1, 0.15) is 23.0 Å². The zero-order valence-corrected chi connectivity index (χ0v) is 17.5. The number of ketones is 1. The summed E-state index contributed by atoms with van der Waals surface area (Å²) < 4.78 is 12.2. The van der Waals surface area contributed by atoms with Crippen molar-refractivity contribution in [2.75, 3.05) is 19.5 Å². The summed E-state index contributed by atoms with van der Waals surface area (Å²) in [6.07, 6.45) is -0.468. The number of carbonyl (C=O) groups is 2. The quantitative estimate of drug-likeness (QED) is 0.377. The highest BCUT2D eigenvalue weighted by Gasteiger charge is 2.27. The lowest BCUT2D eigenvalue weighted by atomic mass is 10.1. The van der Waals surface area contributed by atoms with Gasteiger partial charge in [0.05, 0.1) is 17.6 Å². The average Bonchev–Trinajstić information content (AvgIpc) is 3.03. The van der Waals surface area contributed by atoms with Crippen LogP contribution in [-0.2, 0) is 9.47 Å². The fraction of sp³-hybridized carbons (Fsp3) is 0.217. The van der Waals surface area contributed by atoms with E-state index in [0.29, 0.717) is 33.4 Å². The molecular formula is C23H22N4O4. The van der Waals surface area contributed by atoms with Gasteiger partial charge < -0.3 is 15.2 Å². The number of nitrogens with zero attached hydrogens (tertiary/aromatic N) is 3. The molecule has 0 bridgehead atoms. The van der Waals surface area contributed by atoms with Gasteiger partial charge in [-0.3, -0.25) is 9.36 Å². The van der Waals surface area contributed by atoms with E-state index < -0.39 is 12.1 Å². The highest BCUT2D eigenvalue weighted by atomic mass is 16.6. The predicted molar refractivity (Wildman–Crippen MR) is 118 cm³/mol. The van der Waals surface area contributed by atoms with E-state index in [0.717, 1.165) is 0 Å². The minimum Gasteiger partial charge on any atom is -0.456 e. The molecule has 8 nitrogen and oxygen atoms in total. The Kier molecular flexibility index (Phi) is 5.39. The normalized spacial score (nSPS) is 12.2. The molecular weight excluding hydrogens is 396 g/mol. The van der Waals surface area contributed by atoms with Crippen LogP contribution in [0.5, 0.6) is 0 Å². The molecule has 0 saturated heterocycles. The molecule has 4 aromatic rings. The Balaban J connectivity index is 1.98. The number of rotatable bonds is 6. The van der Waals surface area contributed by atoms with Crippen LogP contribution in [-0.4, -0.2) is 46.1 Å². The van der Waals surface area contributed by atoms with Crippen LogP contribution in [0.3, 0.4) is 0 Å². The van der Waals surface area contributed by atoms with E-state index in [1.807, 2.05) is 24.3 Å². The molecule has 2 aromatic carbocycles. The number of nitrogens with two attached hydrogens (primary N) is 1. The van der Waals surface area contributed by atoms with Crippen LogP contribution in [0.15, 0.2) is 48.5 Å². The van der Waals surface area contributed by atoms with Crippen molar-refractivity contribution in [1.29, 1.82) is 0 Å². The number of hydrogen-bond donors (Lipinski definition) is 1. The summed E-state index contributed by atoms with van der Waals surface area (Å²) in [6, 6.07) is 14.3. The summed E-state index contributed by atoms with van der Waals surface area (Å²) in [7, 11) is 1.53. The number of para-hydroxylation sites is 2. The van der Waals surface area contributed by atoms with Crippen LogP contribution in [0.2, 0.25) is 0 Å². The SMILES string of the molecule is COCC(C)OC(=O)c1c(N)n(-c2cccc(C(C)=O)c2)c2nc3ccccc3nc12. The van der Waals surface area contributed by atoms with E-state index >= 15 is 0 Å². The van der Waals surface area contributed by atoms with Gasteiger partial charge in [0, 0.05) is 18.4 Å². The highest BCUT2D eigenvalue weighted by molar-refractivity contribution is 6.09. The lowest BCUT2D eigenvalue weighted by molar-refractivity contribution is 0.0123. The van der Waals surface area contributed by atoms with Crippen LogP contribution < -0.4 is 5.73 Å². The molecule has 1 unspecified atom stereocenters. The van der Waals surface area contributed by atoms with Crippen LogP contribution in [0, 0.1) is 0 Å². The molecule has 2 N–H and O–H groups in total. The second-order valence-electron chi connectivity index (χ2n) is 7.26. The van der Waals surface area contributed by atoms with E-state index in [4.69, 9.17) is 20.2 Å². The van der Waals surface area contributed by atoms with Crippen molar-refractivity contribution in [3.8, 4) is 5.69 Å². The third-order valence-electron chi connectivity index (χ3n) is 4.92. The van der Waals surface area contributed by atoms with Crippen LogP contribution in [0.25, 0.3) is 27.9 Å². The van der Waals surface area contributed by atoms with E-state index in [-0.39, 0.29) is 23.8 Å². The first-order valence-corrected chi connectivity index (χ1v) is 9.78. The third kappa shape index (κ3) is 3.73. The van der Waals surface area contributed by atoms with E-state index in [1.54, 1.807) is 35.8 Å². The molecule has 8 heteroatoms. The number of anilines is 1. The van der Waals surface area contributed by atoms with E-state index in [9.17, 15) is 9.59 Å². The number of nitrogen functional groups attached to an aromatic ring is 1. The number of carbonyl (C=O) groups excluding carboxylic acids is 2. The maximum absolute atomic E-state index is 13.0. The first-order valence-electron chi connectivity index (χ1n) is 9.78. The van der Waals surface area contributed by atoms with Gasteiger partial charge in [-0.05, 0) is 38.1 Å². The maximum atomic E-state index is 13.0. The molecule has 2 heterocycles. The summed E-state index contributed by atoms with van der Waals surface area (Å²) >= 11 is 0. The topological polar surface area (TPSA) is 109 Å². The molecule has 0 aliphatic heterocycles. The predicted octanol–water partition coefficient (Wildman–Crippen LogP) is 3.55. The summed E-state index contributed by atoms with van der Waals surface area (Å²) in [5.41, 5.74) is 9.73. The Morgan fingerprint density at radius 2 is 1.81 bits per heavy atom. The van der Waals surface area contributed by atoms with Crippen molar-refractivity contribution >= 4 is 39.8 Å². The molecule has 4 rings (SSSR count). The lowest BCUT2D eigenvalue weighted by Crippen LogP contribution is -2.20. The molecule has 0 aliphatic rings. The van der Waals surface area contributed by atoms with Gasteiger partial charge in [-0.25, -0.2) is 14.8 Å². The highest BCUT2D eigenvalue weighted by Crippen LogP contribution is 2.32. The molecule has 2 aromatic heterocycles. The standard InChI is InChI=1S/C23H22N4O4/c1-13(12-30-3)31-23(29)19-20-22(26-18-10-5-4-9-17(18)25-20)27(21(19)24)16-8-6-7-15(11-16)14(2)28/h4-11,13H,12,24H2,1-3H3. The van der Waals surface area contributed by atoms with Crippen LogP contribution >= 0.6 is 0 Å². The van der Waals surface area contributed by atoms with Crippen molar-refractivity contribution in [1.82, 2.24) is 14.5 Å². The van der Waals surface area contributed by atoms with Crippen molar-refractivity contribution < 1.29 is 19.1 Å². The number of fused-ring (bicyclic) bond motifs is 2. The van der Waals surface area contributed by atoms with Gasteiger partial charge >= 0.3 is 5.97 Å². The zero-order chi connectivity index (χ0) is 22.1. The fourth-order valence-corrected chi connectivity index (χ4v) is 3.50. The number of methoxy groups -OCH3 is 1. The summed E-state index contributed by atoms with van der Waals surface area (Å²) in [5, 5.41) is 0. The molecule has 31 heavy (non-hydrogen) atoms. The lowest BCUT2D eigenvalue weighted by Gasteiger charge is -2.12. The largest absolute Gasteiger partial charge is 0.456 e. The number of esters is 1. The van der Waals surface area contributed by atoms with Gasteiger partial charge in [0.15, 0.2) is 11.4 Å². The molecule has 0 spiro atoms. The molecule has 158 valence electrons. The summed E-state index contributed by atoms with van der Waals surface area (Å²) in [5.74, 6) is -0.555. The molecule has 0 fully saturated rings. The second-order valence-corrected chi connectivity index (χ2v) is 7.26. The van der Waals surface area contributed by atoms with Crippen molar-refractivity contribution in [2.24, 2.45) is 0 Å². The second kappa shape index (κ2) is 8.16. The molecule has 0 aliphatic carbocycles. The van der Waals surface area contributed by atoms with Crippen LogP contribution in [0.1, 0.15) is 34.6 Å². The molecule has 0 saturated carbocycles. The van der Waals surface area contributed by atoms with Gasteiger partial charge in [0.25, 0.3) is 0 Å². The van der Waals surface area contributed by atoms with Gasteiger partial charge in [0.2, 0.25) is 0 Å². The van der Waals surface area contributed by atoms with Crippen molar-refractivity contribution in [2.45, 2.75) is 20.0 Å². The first kappa shape index (κ1) is 20.5. The van der Waals surface area contributed by atoms with E-state index in [1.165, 1.54) is 14.0 Å².